The first-order valence-electron chi connectivity index (χ1n) is 10.3. The third-order valence-corrected chi connectivity index (χ3v) is 5.54. The van der Waals surface area contributed by atoms with Gasteiger partial charge in [0, 0.05) is 12.3 Å². The first-order chi connectivity index (χ1) is 15.5. The van der Waals surface area contributed by atoms with Crippen LogP contribution in [0, 0.1) is 0 Å². The molecule has 2 amide bonds. The number of nitrogens with one attached hydrogen (secondary N) is 1. The van der Waals surface area contributed by atoms with Gasteiger partial charge < -0.3 is 10.1 Å². The van der Waals surface area contributed by atoms with Gasteiger partial charge in [0.2, 0.25) is 11.8 Å². The Morgan fingerprint density at radius 3 is 2.41 bits per heavy atom. The Morgan fingerprint density at radius 2 is 1.75 bits per heavy atom. The molecule has 0 radical (unpaired) electrons. The summed E-state index contributed by atoms with van der Waals surface area (Å²) in [4.78, 5) is 42.1. The van der Waals surface area contributed by atoms with E-state index in [9.17, 15) is 14.4 Å². The van der Waals surface area contributed by atoms with E-state index in [1.807, 2.05) is 54.6 Å². The first kappa shape index (κ1) is 23.1. The highest BCUT2D eigenvalue weighted by Gasteiger charge is 2.18. The van der Waals surface area contributed by atoms with E-state index in [1.165, 1.54) is 28.7 Å². The molecule has 1 aromatic heterocycles. The largest absolute Gasteiger partial charge is 0.458 e. The SMILES string of the molecule is CCc1ccc(N(C(C)=O)c2nc(COC(=O)CNC(=O)Cc3ccccc3)cs2)cc1. The number of carbonyl (C=O) groups is 3. The normalized spacial score (nSPS) is 10.4. The van der Waals surface area contributed by atoms with Crippen LogP contribution in [0.15, 0.2) is 60.0 Å². The fraction of sp³-hybridized carbons (Fsp3) is 0.250. The quantitative estimate of drug-likeness (QED) is 0.500. The molecule has 0 saturated carbocycles. The van der Waals surface area contributed by atoms with Gasteiger partial charge in [-0.15, -0.1) is 11.3 Å². The number of anilines is 2. The molecule has 0 saturated heterocycles. The van der Waals surface area contributed by atoms with Crippen LogP contribution in [0.5, 0.6) is 0 Å². The molecule has 3 rings (SSSR count). The van der Waals surface area contributed by atoms with Crippen molar-refractivity contribution < 1.29 is 19.1 Å². The van der Waals surface area contributed by atoms with E-state index in [0.717, 1.165) is 17.7 Å². The van der Waals surface area contributed by atoms with Crippen LogP contribution in [-0.4, -0.2) is 29.3 Å². The lowest BCUT2D eigenvalue weighted by molar-refractivity contribution is -0.145. The molecule has 32 heavy (non-hydrogen) atoms. The van der Waals surface area contributed by atoms with Gasteiger partial charge in [-0.2, -0.15) is 0 Å². The maximum absolute atomic E-state index is 12.2. The Labute approximate surface area is 191 Å². The van der Waals surface area contributed by atoms with Crippen molar-refractivity contribution in [3.8, 4) is 0 Å². The number of carbonyl (C=O) groups excluding carboxylic acids is 3. The zero-order chi connectivity index (χ0) is 22.9. The number of rotatable bonds is 9. The number of hydrogen-bond acceptors (Lipinski definition) is 6. The third-order valence-electron chi connectivity index (χ3n) is 4.67. The average Bonchev–Trinajstić information content (AvgIpc) is 3.25. The van der Waals surface area contributed by atoms with Crippen molar-refractivity contribution in [3.63, 3.8) is 0 Å². The maximum atomic E-state index is 12.2. The molecule has 7 nitrogen and oxygen atoms in total. The van der Waals surface area contributed by atoms with Crippen molar-refractivity contribution >= 4 is 39.9 Å². The molecule has 0 unspecified atom stereocenters. The lowest BCUT2D eigenvalue weighted by Gasteiger charge is -2.18. The summed E-state index contributed by atoms with van der Waals surface area (Å²) >= 11 is 1.29. The minimum atomic E-state index is -0.556. The molecule has 1 N–H and O–H groups in total. The minimum absolute atomic E-state index is 0.0373. The number of aryl methyl sites for hydroxylation is 1. The van der Waals surface area contributed by atoms with Crippen LogP contribution in [0.4, 0.5) is 10.8 Å². The smallest absolute Gasteiger partial charge is 0.325 e. The van der Waals surface area contributed by atoms with Crippen molar-refractivity contribution in [2.24, 2.45) is 0 Å². The van der Waals surface area contributed by atoms with Crippen LogP contribution >= 0.6 is 11.3 Å². The summed E-state index contributed by atoms with van der Waals surface area (Å²) in [6.45, 7) is 3.30. The molecule has 3 aromatic rings. The molecule has 0 aliphatic rings. The number of benzene rings is 2. The van der Waals surface area contributed by atoms with Gasteiger partial charge in [-0.3, -0.25) is 19.3 Å². The van der Waals surface area contributed by atoms with Crippen LogP contribution < -0.4 is 10.2 Å². The van der Waals surface area contributed by atoms with E-state index in [0.29, 0.717) is 10.8 Å². The highest BCUT2D eigenvalue weighted by Crippen LogP contribution is 2.29. The van der Waals surface area contributed by atoms with Gasteiger partial charge in [0.25, 0.3) is 0 Å². The highest BCUT2D eigenvalue weighted by atomic mass is 32.1. The third kappa shape index (κ3) is 6.49. The number of amides is 2. The van der Waals surface area contributed by atoms with E-state index in [1.54, 1.807) is 5.38 Å². The summed E-state index contributed by atoms with van der Waals surface area (Å²) in [7, 11) is 0. The topological polar surface area (TPSA) is 88.6 Å². The number of hydrogen-bond donors (Lipinski definition) is 1. The van der Waals surface area contributed by atoms with Crippen LogP contribution in [0.25, 0.3) is 0 Å². The van der Waals surface area contributed by atoms with Crippen molar-refractivity contribution in [1.82, 2.24) is 10.3 Å². The number of esters is 1. The molecule has 2 aromatic carbocycles. The van der Waals surface area contributed by atoms with Gasteiger partial charge >= 0.3 is 5.97 Å². The molecule has 0 aliphatic carbocycles. The van der Waals surface area contributed by atoms with E-state index < -0.39 is 5.97 Å². The predicted molar refractivity (Wildman–Crippen MR) is 124 cm³/mol. The van der Waals surface area contributed by atoms with Crippen LogP contribution in [0.1, 0.15) is 30.7 Å². The lowest BCUT2D eigenvalue weighted by atomic mass is 10.1. The molecule has 0 fully saturated rings. The van der Waals surface area contributed by atoms with Gasteiger partial charge in [-0.1, -0.05) is 49.4 Å². The second kappa shape index (κ2) is 11.2. The number of ether oxygens (including phenoxy) is 1. The monoisotopic (exact) mass is 451 g/mol. The predicted octanol–water partition coefficient (Wildman–Crippen LogP) is 3.79. The van der Waals surface area contributed by atoms with Crippen molar-refractivity contribution in [1.29, 1.82) is 0 Å². The highest BCUT2D eigenvalue weighted by molar-refractivity contribution is 7.14. The van der Waals surface area contributed by atoms with E-state index in [-0.39, 0.29) is 31.4 Å². The van der Waals surface area contributed by atoms with Crippen molar-refractivity contribution in [3.05, 3.63) is 76.8 Å². The Morgan fingerprint density at radius 1 is 1.03 bits per heavy atom. The summed E-state index contributed by atoms with van der Waals surface area (Å²) in [5, 5.41) is 4.80. The molecule has 0 spiro atoms. The average molecular weight is 452 g/mol. The Kier molecular flexibility index (Phi) is 8.10. The standard InChI is InChI=1S/C24H25N3O4S/c1-3-18-9-11-21(12-10-18)27(17(2)28)24-26-20(16-32-24)15-31-23(30)14-25-22(29)13-19-7-5-4-6-8-19/h4-12,16H,3,13-15H2,1-2H3,(H,25,29). The maximum Gasteiger partial charge on any atom is 0.325 e. The molecule has 0 aliphatic heterocycles. The van der Waals surface area contributed by atoms with Crippen molar-refractivity contribution in [2.45, 2.75) is 33.3 Å². The molecular formula is C24H25N3O4S. The zero-order valence-corrected chi connectivity index (χ0v) is 18.9. The van der Waals surface area contributed by atoms with Gasteiger partial charge in [0.1, 0.15) is 13.2 Å². The Balaban J connectivity index is 1.51. The van der Waals surface area contributed by atoms with Gasteiger partial charge in [0.05, 0.1) is 17.8 Å². The molecule has 0 atom stereocenters. The first-order valence-corrected chi connectivity index (χ1v) is 11.1. The summed E-state index contributed by atoms with van der Waals surface area (Å²) in [5.41, 5.74) is 3.31. The Hall–Kier alpha value is -3.52. The summed E-state index contributed by atoms with van der Waals surface area (Å²) in [5.74, 6) is -0.969. The van der Waals surface area contributed by atoms with Crippen LogP contribution in [-0.2, 0) is 38.6 Å². The second-order valence-corrected chi connectivity index (χ2v) is 7.93. The van der Waals surface area contributed by atoms with E-state index in [4.69, 9.17) is 4.74 Å². The number of aromatic nitrogens is 1. The lowest BCUT2D eigenvalue weighted by Crippen LogP contribution is -2.31. The van der Waals surface area contributed by atoms with Crippen LogP contribution in [0.3, 0.4) is 0 Å². The molecule has 8 heteroatoms. The van der Waals surface area contributed by atoms with E-state index in [2.05, 4.69) is 17.2 Å². The van der Waals surface area contributed by atoms with Crippen LogP contribution in [0.2, 0.25) is 0 Å². The second-order valence-electron chi connectivity index (χ2n) is 7.10. The van der Waals surface area contributed by atoms with Gasteiger partial charge in [-0.25, -0.2) is 4.98 Å². The summed E-state index contributed by atoms with van der Waals surface area (Å²) < 4.78 is 5.21. The molecular weight excluding hydrogens is 426 g/mol. The fourth-order valence-corrected chi connectivity index (χ4v) is 3.86. The summed E-state index contributed by atoms with van der Waals surface area (Å²) in [6.07, 6.45) is 1.11. The van der Waals surface area contributed by atoms with Crippen molar-refractivity contribution in [2.75, 3.05) is 11.4 Å². The van der Waals surface area contributed by atoms with Gasteiger partial charge in [0.15, 0.2) is 5.13 Å². The Bertz CT molecular complexity index is 1060. The fourth-order valence-electron chi connectivity index (χ4n) is 2.99. The zero-order valence-electron chi connectivity index (χ0n) is 18.0. The summed E-state index contributed by atoms with van der Waals surface area (Å²) in [6, 6.07) is 17.0. The molecule has 166 valence electrons. The molecule has 0 bridgehead atoms. The van der Waals surface area contributed by atoms with E-state index >= 15 is 0 Å². The number of thiazole rings is 1. The minimum Gasteiger partial charge on any atom is -0.458 e. The number of nitrogens with zero attached hydrogens (tertiary/aromatic N) is 2. The van der Waals surface area contributed by atoms with Gasteiger partial charge in [-0.05, 0) is 29.7 Å². The molecule has 1 heterocycles.